The summed E-state index contributed by atoms with van der Waals surface area (Å²) in [5.41, 5.74) is 0.759. The molecule has 2 aromatic rings. The van der Waals surface area contributed by atoms with Crippen LogP contribution in [0.2, 0.25) is 10.0 Å². The number of imide groups is 1. The molecule has 4 rings (SSSR count). The third kappa shape index (κ3) is 3.89. The van der Waals surface area contributed by atoms with Crippen LogP contribution < -0.4 is 9.64 Å². The molecule has 1 aliphatic carbocycles. The molecule has 2 amide bonds. The third-order valence-electron chi connectivity index (χ3n) is 5.53. The maximum Gasteiger partial charge on any atom is 0.237 e. The molecule has 2 aromatic carbocycles. The molecular weight excluding hydrogens is 413 g/mol. The fourth-order valence-corrected chi connectivity index (χ4v) is 4.34. The van der Waals surface area contributed by atoms with Crippen LogP contribution in [-0.2, 0) is 9.59 Å². The van der Waals surface area contributed by atoms with Crippen molar-refractivity contribution >= 4 is 46.5 Å². The Morgan fingerprint density at radius 2 is 1.52 bits per heavy atom. The van der Waals surface area contributed by atoms with E-state index in [2.05, 4.69) is 0 Å². The predicted octanol–water partition coefficient (Wildman–Crippen LogP) is 4.93. The molecule has 1 saturated carbocycles. The van der Waals surface area contributed by atoms with Crippen molar-refractivity contribution in [3.63, 3.8) is 0 Å². The van der Waals surface area contributed by atoms with Gasteiger partial charge in [-0.15, -0.1) is 0 Å². The minimum absolute atomic E-state index is 0.212. The van der Waals surface area contributed by atoms with Crippen LogP contribution in [0.25, 0.3) is 0 Å². The van der Waals surface area contributed by atoms with Crippen molar-refractivity contribution in [3.05, 3.63) is 58.1 Å². The van der Waals surface area contributed by atoms with Crippen LogP contribution in [0.5, 0.6) is 5.75 Å². The topological polar surface area (TPSA) is 63.7 Å². The zero-order valence-electron chi connectivity index (χ0n) is 15.6. The monoisotopic (exact) mass is 431 g/mol. The largest absolute Gasteiger partial charge is 0.483 e. The van der Waals surface area contributed by atoms with Crippen LogP contribution in [0.15, 0.2) is 42.5 Å². The summed E-state index contributed by atoms with van der Waals surface area (Å²) in [5, 5.41) is 0.918. The lowest BCUT2D eigenvalue weighted by Gasteiger charge is -2.19. The number of amides is 2. The summed E-state index contributed by atoms with van der Waals surface area (Å²) < 4.78 is 5.71. The molecule has 150 valence electrons. The molecule has 1 aliphatic heterocycles. The number of rotatable bonds is 5. The molecule has 5 nitrogen and oxygen atoms in total. The van der Waals surface area contributed by atoms with Crippen molar-refractivity contribution < 1.29 is 19.1 Å². The summed E-state index contributed by atoms with van der Waals surface area (Å²) in [6.07, 6.45) is 3.33. The van der Waals surface area contributed by atoms with Gasteiger partial charge in [-0.3, -0.25) is 14.4 Å². The van der Waals surface area contributed by atoms with Crippen molar-refractivity contribution in [3.8, 4) is 5.75 Å². The molecule has 0 aromatic heterocycles. The van der Waals surface area contributed by atoms with E-state index >= 15 is 0 Å². The van der Waals surface area contributed by atoms with Crippen molar-refractivity contribution in [1.29, 1.82) is 0 Å². The van der Waals surface area contributed by atoms with Gasteiger partial charge < -0.3 is 4.74 Å². The zero-order chi connectivity index (χ0) is 20.5. The number of carbonyl (C=O) groups excluding carboxylic acids is 3. The van der Waals surface area contributed by atoms with Crippen LogP contribution in [0, 0.1) is 11.8 Å². The minimum atomic E-state index is -0.279. The zero-order valence-corrected chi connectivity index (χ0v) is 17.1. The van der Waals surface area contributed by atoms with Gasteiger partial charge in [0.15, 0.2) is 12.4 Å². The smallest absolute Gasteiger partial charge is 0.237 e. The van der Waals surface area contributed by atoms with E-state index < -0.39 is 0 Å². The predicted molar refractivity (Wildman–Crippen MR) is 111 cm³/mol. The standard InChI is InChI=1S/C22H19Cl2NO4/c23-14-7-5-13(6-8-14)19(26)12-29-20-10-9-15(24)11-18(20)25-21(27)16-3-1-2-4-17(16)22(25)28/h5-11,16-17H,1-4,12H2/t16-,17-/m1/s1. The quantitative estimate of drug-likeness (QED) is 0.496. The maximum absolute atomic E-state index is 12.9. The van der Waals surface area contributed by atoms with Gasteiger partial charge in [0.2, 0.25) is 11.8 Å². The van der Waals surface area contributed by atoms with Gasteiger partial charge in [-0.25, -0.2) is 4.90 Å². The van der Waals surface area contributed by atoms with Gasteiger partial charge >= 0.3 is 0 Å². The summed E-state index contributed by atoms with van der Waals surface area (Å²) in [7, 11) is 0. The first kappa shape index (κ1) is 19.9. The first-order valence-electron chi connectivity index (χ1n) is 9.54. The first-order valence-corrected chi connectivity index (χ1v) is 10.3. The molecule has 29 heavy (non-hydrogen) atoms. The maximum atomic E-state index is 12.9. The summed E-state index contributed by atoms with van der Waals surface area (Å²) in [6, 6.07) is 11.2. The highest BCUT2D eigenvalue weighted by Crippen LogP contribution is 2.43. The molecule has 2 aliphatic rings. The number of hydrogen-bond acceptors (Lipinski definition) is 4. The number of anilines is 1. The molecule has 0 N–H and O–H groups in total. The van der Waals surface area contributed by atoms with Crippen LogP contribution in [0.4, 0.5) is 5.69 Å². The van der Waals surface area contributed by atoms with Crippen molar-refractivity contribution in [2.45, 2.75) is 25.7 Å². The van der Waals surface area contributed by atoms with Crippen LogP contribution in [0.1, 0.15) is 36.0 Å². The number of ketones is 1. The van der Waals surface area contributed by atoms with Gasteiger partial charge in [-0.1, -0.05) is 36.0 Å². The Hall–Kier alpha value is -2.37. The number of benzene rings is 2. The fourth-order valence-electron chi connectivity index (χ4n) is 4.05. The Morgan fingerprint density at radius 3 is 2.14 bits per heavy atom. The van der Waals surface area contributed by atoms with Gasteiger partial charge in [0.1, 0.15) is 5.75 Å². The second-order valence-corrected chi connectivity index (χ2v) is 8.21. The van der Waals surface area contributed by atoms with E-state index in [1.54, 1.807) is 36.4 Å². The molecule has 1 heterocycles. The average Bonchev–Trinajstić information content (AvgIpc) is 2.98. The highest BCUT2D eigenvalue weighted by atomic mass is 35.5. The number of Topliss-reactive ketones (excluding diaryl/α,β-unsaturated/α-hetero) is 1. The number of ether oxygens (including phenoxy) is 1. The van der Waals surface area contributed by atoms with Gasteiger partial charge in [0.05, 0.1) is 17.5 Å². The van der Waals surface area contributed by atoms with Crippen molar-refractivity contribution in [1.82, 2.24) is 0 Å². The third-order valence-corrected chi connectivity index (χ3v) is 6.02. The van der Waals surface area contributed by atoms with Crippen LogP contribution in [-0.4, -0.2) is 24.2 Å². The minimum Gasteiger partial charge on any atom is -0.483 e. The number of carbonyl (C=O) groups is 3. The van der Waals surface area contributed by atoms with E-state index in [0.29, 0.717) is 21.3 Å². The van der Waals surface area contributed by atoms with E-state index in [0.717, 1.165) is 25.7 Å². The van der Waals surface area contributed by atoms with Crippen LogP contribution in [0.3, 0.4) is 0 Å². The van der Waals surface area contributed by atoms with E-state index in [-0.39, 0.29) is 41.8 Å². The summed E-state index contributed by atoms with van der Waals surface area (Å²) in [4.78, 5) is 39.5. The first-order chi connectivity index (χ1) is 14.0. The molecule has 1 saturated heterocycles. The lowest BCUT2D eigenvalue weighted by Crippen LogP contribution is -2.31. The number of nitrogens with zero attached hydrogens (tertiary/aromatic N) is 1. The highest BCUT2D eigenvalue weighted by Gasteiger charge is 2.49. The van der Waals surface area contributed by atoms with Crippen molar-refractivity contribution in [2.75, 3.05) is 11.5 Å². The molecule has 2 atom stereocenters. The van der Waals surface area contributed by atoms with Gasteiger partial charge in [-0.2, -0.15) is 0 Å². The molecule has 0 spiro atoms. The lowest BCUT2D eigenvalue weighted by atomic mass is 9.81. The molecule has 0 unspecified atom stereocenters. The normalized spacial score (nSPS) is 21.2. The molecule has 0 radical (unpaired) electrons. The van der Waals surface area contributed by atoms with E-state index in [4.69, 9.17) is 27.9 Å². The Bertz CT molecular complexity index is 949. The molecule has 0 bridgehead atoms. The van der Waals surface area contributed by atoms with E-state index in [1.165, 1.54) is 11.0 Å². The SMILES string of the molecule is O=C(COc1ccc(Cl)cc1N1C(=O)[C@@H]2CCCC[C@H]2C1=O)c1ccc(Cl)cc1. The molecule has 2 fully saturated rings. The second-order valence-electron chi connectivity index (χ2n) is 7.34. The Balaban J connectivity index is 1.58. The van der Waals surface area contributed by atoms with E-state index in [1.807, 2.05) is 0 Å². The van der Waals surface area contributed by atoms with Crippen LogP contribution >= 0.6 is 23.2 Å². The second kappa shape index (κ2) is 8.17. The Kier molecular flexibility index (Phi) is 5.61. The summed E-state index contributed by atoms with van der Waals surface area (Å²) in [6.45, 7) is -0.237. The Morgan fingerprint density at radius 1 is 0.931 bits per heavy atom. The van der Waals surface area contributed by atoms with Crippen molar-refractivity contribution in [2.24, 2.45) is 11.8 Å². The Labute approximate surface area is 178 Å². The fraction of sp³-hybridized carbons (Fsp3) is 0.318. The number of hydrogen-bond donors (Lipinski definition) is 0. The average molecular weight is 432 g/mol. The van der Waals surface area contributed by atoms with Gasteiger partial charge in [0.25, 0.3) is 0 Å². The molecule has 7 heteroatoms. The molecular formula is C22H19Cl2NO4. The van der Waals surface area contributed by atoms with E-state index in [9.17, 15) is 14.4 Å². The summed E-state index contributed by atoms with van der Waals surface area (Å²) in [5.74, 6) is -0.948. The lowest BCUT2D eigenvalue weighted by molar-refractivity contribution is -0.122. The highest BCUT2D eigenvalue weighted by molar-refractivity contribution is 6.31. The summed E-state index contributed by atoms with van der Waals surface area (Å²) >= 11 is 12.0. The van der Waals surface area contributed by atoms with Gasteiger partial charge in [-0.05, 0) is 55.3 Å². The van der Waals surface area contributed by atoms with Gasteiger partial charge in [0, 0.05) is 15.6 Å². The number of fused-ring (bicyclic) bond motifs is 1. The number of halogens is 2.